The van der Waals surface area contributed by atoms with E-state index in [4.69, 9.17) is 4.74 Å². The van der Waals surface area contributed by atoms with Gasteiger partial charge in [-0.3, -0.25) is 15.0 Å². The Kier molecular flexibility index (Phi) is 6.58. The van der Waals surface area contributed by atoms with Gasteiger partial charge in [0.15, 0.2) is 5.13 Å². The van der Waals surface area contributed by atoms with Crippen LogP contribution in [0.25, 0.3) is 21.3 Å². The van der Waals surface area contributed by atoms with E-state index in [2.05, 4.69) is 39.3 Å². The molecule has 0 aliphatic carbocycles. The highest BCUT2D eigenvalue weighted by Crippen LogP contribution is 2.39. The molecule has 4 aromatic rings. The van der Waals surface area contributed by atoms with Crippen LogP contribution in [0.5, 0.6) is 5.75 Å². The quantitative estimate of drug-likeness (QED) is 0.429. The van der Waals surface area contributed by atoms with E-state index in [0.717, 1.165) is 54.1 Å². The van der Waals surface area contributed by atoms with Gasteiger partial charge in [-0.1, -0.05) is 53.8 Å². The summed E-state index contributed by atoms with van der Waals surface area (Å²) in [5, 5.41) is 3.54. The Labute approximate surface area is 203 Å². The van der Waals surface area contributed by atoms with Crippen molar-refractivity contribution in [1.29, 1.82) is 0 Å². The third-order valence-electron chi connectivity index (χ3n) is 6.25. The summed E-state index contributed by atoms with van der Waals surface area (Å²) in [6, 6.07) is 22.0. The van der Waals surface area contributed by atoms with Crippen LogP contribution in [0, 0.1) is 0 Å². The number of rotatable bonds is 6. The Morgan fingerprint density at radius 2 is 1.74 bits per heavy atom. The Morgan fingerprint density at radius 3 is 2.44 bits per heavy atom. The van der Waals surface area contributed by atoms with E-state index in [-0.39, 0.29) is 5.91 Å². The molecule has 34 heavy (non-hydrogen) atoms. The number of carbonyl (C=O) groups is 1. The largest absolute Gasteiger partial charge is 0.494 e. The van der Waals surface area contributed by atoms with Gasteiger partial charge < -0.3 is 9.64 Å². The topological polar surface area (TPSA) is 57.7 Å². The monoisotopic (exact) mass is 472 g/mol. The first kappa shape index (κ1) is 22.5. The number of carbonyl (C=O) groups excluding carboxylic acids is 1. The van der Waals surface area contributed by atoms with Gasteiger partial charge >= 0.3 is 0 Å². The second-order valence-electron chi connectivity index (χ2n) is 8.61. The lowest BCUT2D eigenvalue weighted by atomic mass is 10.1. The van der Waals surface area contributed by atoms with Crippen LogP contribution < -0.4 is 10.1 Å². The molecule has 1 N–H and O–H groups in total. The van der Waals surface area contributed by atoms with E-state index < -0.39 is 0 Å². The zero-order chi connectivity index (χ0) is 23.5. The molecule has 5 rings (SSSR count). The molecule has 0 unspecified atom stereocenters. The van der Waals surface area contributed by atoms with Crippen molar-refractivity contribution in [3.63, 3.8) is 0 Å². The average molecular weight is 473 g/mol. The number of thiazole rings is 1. The van der Waals surface area contributed by atoms with E-state index in [1.165, 1.54) is 16.9 Å². The smallest absolute Gasteiger partial charge is 0.257 e. The van der Waals surface area contributed by atoms with Crippen LogP contribution in [0.3, 0.4) is 0 Å². The van der Waals surface area contributed by atoms with Crippen LogP contribution in [0.4, 0.5) is 5.13 Å². The fraction of sp³-hybridized carbons (Fsp3) is 0.259. The first-order valence-electron chi connectivity index (χ1n) is 11.4. The van der Waals surface area contributed by atoms with E-state index in [0.29, 0.717) is 16.4 Å². The third kappa shape index (κ3) is 4.82. The van der Waals surface area contributed by atoms with Crippen LogP contribution in [-0.4, -0.2) is 61.0 Å². The zero-order valence-electron chi connectivity index (χ0n) is 19.5. The molecule has 0 radical (unpaired) electrons. The number of amides is 1. The Hall–Kier alpha value is -3.26. The molecule has 0 bridgehead atoms. The summed E-state index contributed by atoms with van der Waals surface area (Å²) in [7, 11) is 3.80. The third-order valence-corrected chi connectivity index (χ3v) is 7.25. The van der Waals surface area contributed by atoms with Gasteiger partial charge in [0.1, 0.15) is 11.3 Å². The number of piperazine rings is 1. The van der Waals surface area contributed by atoms with Gasteiger partial charge in [-0.2, -0.15) is 0 Å². The molecular formula is C27H28N4O2S. The van der Waals surface area contributed by atoms with Crippen molar-refractivity contribution in [2.24, 2.45) is 0 Å². The maximum absolute atomic E-state index is 12.9. The highest BCUT2D eigenvalue weighted by atomic mass is 32.1. The number of aromatic nitrogens is 1. The fourth-order valence-corrected chi connectivity index (χ4v) is 5.25. The van der Waals surface area contributed by atoms with Crippen molar-refractivity contribution in [3.8, 4) is 16.9 Å². The minimum Gasteiger partial charge on any atom is -0.494 e. The second-order valence-corrected chi connectivity index (χ2v) is 9.61. The number of fused-ring (bicyclic) bond motifs is 1. The molecule has 2 heterocycles. The van der Waals surface area contributed by atoms with Gasteiger partial charge in [-0.25, -0.2) is 4.98 Å². The summed E-state index contributed by atoms with van der Waals surface area (Å²) in [6.45, 7) is 5.25. The lowest BCUT2D eigenvalue weighted by Gasteiger charge is -2.32. The zero-order valence-corrected chi connectivity index (χ0v) is 20.3. The van der Waals surface area contributed by atoms with E-state index >= 15 is 0 Å². The molecule has 0 spiro atoms. The summed E-state index contributed by atoms with van der Waals surface area (Å²) < 4.78 is 6.52. The van der Waals surface area contributed by atoms with Crippen molar-refractivity contribution in [1.82, 2.24) is 14.8 Å². The van der Waals surface area contributed by atoms with Crippen LogP contribution >= 0.6 is 11.3 Å². The number of hydrogen-bond donors (Lipinski definition) is 1. The van der Waals surface area contributed by atoms with Gasteiger partial charge in [-0.05, 0) is 42.4 Å². The van der Waals surface area contributed by atoms with Crippen LogP contribution in [0.2, 0.25) is 0 Å². The molecule has 1 aliphatic rings. The van der Waals surface area contributed by atoms with Crippen LogP contribution in [0.15, 0.2) is 66.7 Å². The lowest BCUT2D eigenvalue weighted by Crippen LogP contribution is -2.43. The first-order valence-corrected chi connectivity index (χ1v) is 12.3. The summed E-state index contributed by atoms with van der Waals surface area (Å²) >= 11 is 1.46. The molecule has 1 fully saturated rings. The molecule has 1 aromatic heterocycles. The van der Waals surface area contributed by atoms with Crippen molar-refractivity contribution >= 4 is 32.6 Å². The lowest BCUT2D eigenvalue weighted by molar-refractivity contribution is 0.102. The molecule has 7 heteroatoms. The predicted molar refractivity (Wildman–Crippen MR) is 139 cm³/mol. The molecule has 174 valence electrons. The second kappa shape index (κ2) is 9.93. The van der Waals surface area contributed by atoms with E-state index in [1.807, 2.05) is 54.6 Å². The number of ether oxygens (including phenoxy) is 1. The highest BCUT2D eigenvalue weighted by molar-refractivity contribution is 7.23. The van der Waals surface area contributed by atoms with Gasteiger partial charge in [0.25, 0.3) is 5.91 Å². The number of hydrogen-bond acceptors (Lipinski definition) is 6. The normalized spacial score (nSPS) is 14.9. The number of anilines is 1. The summed E-state index contributed by atoms with van der Waals surface area (Å²) in [5.41, 5.74) is 4.77. The van der Waals surface area contributed by atoms with Gasteiger partial charge in [0.05, 0.1) is 11.8 Å². The van der Waals surface area contributed by atoms with E-state index in [1.54, 1.807) is 7.11 Å². The van der Waals surface area contributed by atoms with Crippen LogP contribution in [0.1, 0.15) is 15.9 Å². The molecule has 6 nitrogen and oxygen atoms in total. The maximum atomic E-state index is 12.9. The van der Waals surface area contributed by atoms with Crippen LogP contribution in [-0.2, 0) is 6.54 Å². The minimum absolute atomic E-state index is 0.162. The molecular weight excluding hydrogens is 444 g/mol. The van der Waals surface area contributed by atoms with Crippen molar-refractivity contribution in [2.75, 3.05) is 45.7 Å². The molecule has 0 saturated carbocycles. The minimum atomic E-state index is -0.162. The Morgan fingerprint density at radius 1 is 1.00 bits per heavy atom. The number of nitrogens with zero attached hydrogens (tertiary/aromatic N) is 3. The number of methoxy groups -OCH3 is 1. The summed E-state index contributed by atoms with van der Waals surface area (Å²) in [5.74, 6) is 0.533. The number of benzene rings is 3. The molecule has 1 aliphatic heterocycles. The van der Waals surface area contributed by atoms with Crippen molar-refractivity contribution in [2.45, 2.75) is 6.54 Å². The van der Waals surface area contributed by atoms with Gasteiger partial charge in [0.2, 0.25) is 0 Å². The molecule has 3 aromatic carbocycles. The number of nitrogens with one attached hydrogen (secondary N) is 1. The number of likely N-dealkylation sites (N-methyl/N-ethyl adjacent to an activating group) is 1. The van der Waals surface area contributed by atoms with E-state index in [9.17, 15) is 4.79 Å². The Balaban J connectivity index is 1.33. The van der Waals surface area contributed by atoms with Gasteiger partial charge in [-0.15, -0.1) is 0 Å². The van der Waals surface area contributed by atoms with Crippen molar-refractivity contribution < 1.29 is 9.53 Å². The molecule has 1 amide bonds. The fourth-order valence-electron chi connectivity index (χ4n) is 4.24. The maximum Gasteiger partial charge on any atom is 0.257 e. The van der Waals surface area contributed by atoms with Gasteiger partial charge in [0, 0.05) is 43.9 Å². The predicted octanol–water partition coefficient (Wildman–Crippen LogP) is 4.97. The van der Waals surface area contributed by atoms with Crippen molar-refractivity contribution in [3.05, 3.63) is 77.9 Å². The molecule has 0 atom stereocenters. The standard InChI is InChI=1S/C27H28N4O2S/c1-30-14-16-31(17-15-30)18-19-8-10-21(11-9-19)26(32)29-27-28-24-23(33-2)13-12-22(25(24)34-27)20-6-4-3-5-7-20/h3-13H,14-18H2,1-2H3,(H,28,29,32). The highest BCUT2D eigenvalue weighted by Gasteiger charge is 2.17. The first-order chi connectivity index (χ1) is 16.6. The SMILES string of the molecule is COc1ccc(-c2ccccc2)c2sc(NC(=O)c3ccc(CN4CCN(C)CC4)cc3)nc12. The summed E-state index contributed by atoms with van der Waals surface area (Å²) in [4.78, 5) is 22.4. The Bertz CT molecular complexity index is 1280. The summed E-state index contributed by atoms with van der Waals surface area (Å²) in [6.07, 6.45) is 0. The molecule has 1 saturated heterocycles. The average Bonchev–Trinajstić information content (AvgIpc) is 3.29.